The summed E-state index contributed by atoms with van der Waals surface area (Å²) in [5.74, 6) is 2.27. The van der Waals surface area contributed by atoms with E-state index in [1.807, 2.05) is 24.3 Å². The van der Waals surface area contributed by atoms with E-state index in [9.17, 15) is 0 Å². The Labute approximate surface area is 246 Å². The topological polar surface area (TPSA) is 48.4 Å². The fraction of sp³-hybridized carbons (Fsp3) is 0.154. The van der Waals surface area contributed by atoms with Crippen molar-refractivity contribution in [2.24, 2.45) is 5.73 Å². The van der Waals surface area contributed by atoms with Crippen LogP contribution in [0.5, 0.6) is 5.75 Å². The molecule has 3 aliphatic carbocycles. The summed E-state index contributed by atoms with van der Waals surface area (Å²) in [6.45, 7) is 0. The number of ether oxygens (including phenoxy) is 1. The molecule has 204 valence electrons. The normalized spacial score (nSPS) is 20.6. The van der Waals surface area contributed by atoms with Gasteiger partial charge in [-0.25, -0.2) is 0 Å². The third-order valence-electron chi connectivity index (χ3n) is 8.73. The van der Waals surface area contributed by atoms with Crippen LogP contribution in [0.4, 0.5) is 0 Å². The third kappa shape index (κ3) is 4.40. The first kappa shape index (κ1) is 24.8. The summed E-state index contributed by atoms with van der Waals surface area (Å²) in [5, 5.41) is 1.18. The van der Waals surface area contributed by atoms with E-state index < -0.39 is 0 Å². The van der Waals surface area contributed by atoms with Crippen molar-refractivity contribution in [3.8, 4) is 5.75 Å². The molecule has 3 nitrogen and oxygen atoms in total. The minimum absolute atomic E-state index is 0.0403. The molecule has 0 saturated heterocycles. The lowest BCUT2D eigenvalue weighted by atomic mass is 9.83. The summed E-state index contributed by atoms with van der Waals surface area (Å²) in [6.07, 6.45) is 19.3. The molecule has 0 fully saturated rings. The van der Waals surface area contributed by atoms with Crippen molar-refractivity contribution in [1.82, 2.24) is 0 Å². The van der Waals surface area contributed by atoms with Gasteiger partial charge in [0.1, 0.15) is 23.2 Å². The van der Waals surface area contributed by atoms with Crippen LogP contribution in [0.25, 0.3) is 28.3 Å². The summed E-state index contributed by atoms with van der Waals surface area (Å²) in [4.78, 5) is 0. The molecule has 42 heavy (non-hydrogen) atoms. The Balaban J connectivity index is 1.20. The molecule has 4 aliphatic rings. The van der Waals surface area contributed by atoms with Gasteiger partial charge in [-0.15, -0.1) is 5.73 Å². The van der Waals surface area contributed by atoms with Crippen molar-refractivity contribution in [1.29, 1.82) is 0 Å². The van der Waals surface area contributed by atoms with Crippen molar-refractivity contribution >= 4 is 28.3 Å². The second-order valence-corrected chi connectivity index (χ2v) is 11.4. The van der Waals surface area contributed by atoms with E-state index in [2.05, 4.69) is 96.8 Å². The zero-order valence-corrected chi connectivity index (χ0v) is 23.3. The quantitative estimate of drug-likeness (QED) is 0.255. The molecule has 0 spiro atoms. The molecule has 0 saturated carbocycles. The molecule has 8 rings (SSSR count). The first-order valence-corrected chi connectivity index (χ1v) is 14.8. The largest absolute Gasteiger partial charge is 0.485 e. The minimum Gasteiger partial charge on any atom is -0.485 e. The lowest BCUT2D eigenvalue weighted by Gasteiger charge is -2.21. The predicted molar refractivity (Wildman–Crippen MR) is 171 cm³/mol. The van der Waals surface area contributed by atoms with Crippen LogP contribution >= 0.6 is 0 Å². The smallest absolute Gasteiger partial charge is 0.134 e. The van der Waals surface area contributed by atoms with Gasteiger partial charge in [0.25, 0.3) is 0 Å². The summed E-state index contributed by atoms with van der Waals surface area (Å²) in [7, 11) is 0. The van der Waals surface area contributed by atoms with Gasteiger partial charge in [0.2, 0.25) is 0 Å². The SMILES string of the molecule is N/C(=C\CC1=CC(C2=CC3c4ccccc4OC3C=C2)=C=C(c2ccc3oc4c(c3c2)C=CCC4)C1)c1ccccc1. The van der Waals surface area contributed by atoms with E-state index in [1.54, 1.807) is 0 Å². The summed E-state index contributed by atoms with van der Waals surface area (Å²) < 4.78 is 12.4. The van der Waals surface area contributed by atoms with E-state index in [-0.39, 0.29) is 12.0 Å². The standard InChI is InChI=1S/C39H31NO2/c40-35(26-8-2-1-3-9-26)17-14-25-20-29(27-15-18-38-33(23-27)31-10-4-6-12-36(31)41-38)22-30(21-25)28-16-19-39-34(24-28)32-11-5-7-13-37(32)42-39/h1-6,8-12,15-20,23-24,33,38H,7,13-14,21,40H2/b35-17-. The van der Waals surface area contributed by atoms with Crippen LogP contribution in [0, 0.1) is 0 Å². The molecule has 1 aromatic heterocycles. The Bertz CT molecular complexity index is 1950. The van der Waals surface area contributed by atoms with Gasteiger partial charge in [-0.3, -0.25) is 0 Å². The zero-order chi connectivity index (χ0) is 28.0. The van der Waals surface area contributed by atoms with E-state index >= 15 is 0 Å². The number of hydrogen-bond donors (Lipinski definition) is 1. The van der Waals surface area contributed by atoms with Crippen LogP contribution < -0.4 is 10.5 Å². The molecule has 1 aliphatic heterocycles. The lowest BCUT2D eigenvalue weighted by molar-refractivity contribution is 0.268. The summed E-state index contributed by atoms with van der Waals surface area (Å²) in [5.41, 5.74) is 21.6. The first-order chi connectivity index (χ1) is 20.7. The van der Waals surface area contributed by atoms with Crippen LogP contribution in [-0.4, -0.2) is 6.10 Å². The highest BCUT2D eigenvalue weighted by atomic mass is 16.5. The zero-order valence-electron chi connectivity index (χ0n) is 23.3. The minimum atomic E-state index is 0.0403. The third-order valence-corrected chi connectivity index (χ3v) is 8.73. The monoisotopic (exact) mass is 545 g/mol. The fourth-order valence-corrected chi connectivity index (χ4v) is 6.55. The Kier molecular flexibility index (Phi) is 5.98. The van der Waals surface area contributed by atoms with E-state index in [0.29, 0.717) is 0 Å². The second kappa shape index (κ2) is 10.1. The van der Waals surface area contributed by atoms with Gasteiger partial charge in [-0.05, 0) is 59.9 Å². The number of aryl methyl sites for hydroxylation is 1. The highest BCUT2D eigenvalue weighted by molar-refractivity contribution is 5.92. The number of nitrogens with two attached hydrogens (primary N) is 1. The average Bonchev–Trinajstić information content (AvgIpc) is 3.61. The van der Waals surface area contributed by atoms with Gasteiger partial charge in [-0.1, -0.05) is 90.6 Å². The number of allylic oxidation sites excluding steroid dienone is 7. The van der Waals surface area contributed by atoms with Crippen molar-refractivity contribution in [2.75, 3.05) is 0 Å². The lowest BCUT2D eigenvalue weighted by Crippen LogP contribution is -2.17. The molecular weight excluding hydrogens is 514 g/mol. The Hall–Kier alpha value is -4.98. The van der Waals surface area contributed by atoms with Crippen LogP contribution in [0.3, 0.4) is 0 Å². The maximum Gasteiger partial charge on any atom is 0.134 e. The molecule has 2 atom stereocenters. The van der Waals surface area contributed by atoms with Gasteiger partial charge in [0, 0.05) is 52.1 Å². The number of rotatable bonds is 5. The van der Waals surface area contributed by atoms with Gasteiger partial charge in [0.15, 0.2) is 0 Å². The van der Waals surface area contributed by atoms with Gasteiger partial charge >= 0.3 is 0 Å². The first-order valence-electron chi connectivity index (χ1n) is 14.8. The highest BCUT2D eigenvalue weighted by Gasteiger charge is 2.33. The van der Waals surface area contributed by atoms with Crippen molar-refractivity contribution in [3.63, 3.8) is 0 Å². The van der Waals surface area contributed by atoms with Crippen molar-refractivity contribution < 1.29 is 9.15 Å². The van der Waals surface area contributed by atoms with Crippen LogP contribution in [0.15, 0.2) is 136 Å². The molecule has 3 heteroatoms. The average molecular weight is 546 g/mol. The van der Waals surface area contributed by atoms with Crippen LogP contribution in [-0.2, 0) is 6.42 Å². The Morgan fingerprint density at radius 3 is 2.81 bits per heavy atom. The summed E-state index contributed by atoms with van der Waals surface area (Å²) in [6, 6.07) is 25.1. The van der Waals surface area contributed by atoms with Crippen LogP contribution in [0.2, 0.25) is 0 Å². The van der Waals surface area contributed by atoms with Crippen molar-refractivity contribution in [3.05, 3.63) is 160 Å². The number of fused-ring (bicyclic) bond motifs is 6. The molecule has 2 unspecified atom stereocenters. The molecule has 0 radical (unpaired) electrons. The van der Waals surface area contributed by atoms with Gasteiger partial charge in [0.05, 0.1) is 0 Å². The number of hydrogen-bond acceptors (Lipinski definition) is 3. The molecule has 0 bridgehead atoms. The maximum atomic E-state index is 6.51. The Morgan fingerprint density at radius 2 is 1.88 bits per heavy atom. The highest BCUT2D eigenvalue weighted by Crippen LogP contribution is 2.44. The van der Waals surface area contributed by atoms with E-state index in [1.165, 1.54) is 38.8 Å². The van der Waals surface area contributed by atoms with Crippen LogP contribution in [0.1, 0.15) is 53.2 Å². The number of para-hydroxylation sites is 1. The molecule has 3 aromatic carbocycles. The fourth-order valence-electron chi connectivity index (χ4n) is 6.55. The molecule has 0 amide bonds. The van der Waals surface area contributed by atoms with E-state index in [0.717, 1.165) is 59.6 Å². The van der Waals surface area contributed by atoms with Crippen molar-refractivity contribution in [2.45, 2.75) is 37.7 Å². The molecule has 2 N–H and O–H groups in total. The van der Waals surface area contributed by atoms with E-state index in [4.69, 9.17) is 14.9 Å². The second-order valence-electron chi connectivity index (χ2n) is 11.4. The molecule has 4 aromatic rings. The maximum absolute atomic E-state index is 6.51. The number of furan rings is 1. The van der Waals surface area contributed by atoms with Gasteiger partial charge < -0.3 is 14.9 Å². The summed E-state index contributed by atoms with van der Waals surface area (Å²) >= 11 is 0. The Morgan fingerprint density at radius 1 is 1.00 bits per heavy atom. The molecule has 2 heterocycles. The molecular formula is C39H31NO2. The number of benzene rings is 3. The van der Waals surface area contributed by atoms with Gasteiger partial charge in [-0.2, -0.15) is 0 Å². The predicted octanol–water partition coefficient (Wildman–Crippen LogP) is 9.06.